The normalized spacial score (nSPS) is 10.5. The average Bonchev–Trinajstić information content (AvgIpc) is 3.15. The fraction of sp³-hybridized carbons (Fsp3) is 0.227. The Balaban J connectivity index is 1.37. The van der Waals surface area contributed by atoms with E-state index in [1.807, 2.05) is 41.8 Å². The highest BCUT2D eigenvalue weighted by atomic mass is 32.1. The van der Waals surface area contributed by atoms with Crippen LogP contribution in [-0.4, -0.2) is 16.7 Å². The van der Waals surface area contributed by atoms with E-state index in [1.165, 1.54) is 5.56 Å². The highest BCUT2D eigenvalue weighted by molar-refractivity contribution is 7.09. The Morgan fingerprint density at radius 1 is 0.926 bits per heavy atom. The van der Waals surface area contributed by atoms with Gasteiger partial charge >= 0.3 is 0 Å². The van der Waals surface area contributed by atoms with Crippen molar-refractivity contribution < 1.29 is 9.59 Å². The lowest BCUT2D eigenvalue weighted by molar-refractivity contribution is -0.121. The number of hydrogen-bond donors (Lipinski definition) is 1. The summed E-state index contributed by atoms with van der Waals surface area (Å²) in [4.78, 5) is 28.6. The van der Waals surface area contributed by atoms with E-state index in [9.17, 15) is 9.59 Å². The third kappa shape index (κ3) is 6.15. The molecule has 3 rings (SSSR count). The molecule has 0 aliphatic heterocycles. The molecule has 1 N–H and O–H groups in total. The first-order chi connectivity index (χ1) is 13.2. The molecule has 0 aliphatic rings. The standard InChI is InChI=1S/C22H22N2O2S/c25-20(18-10-5-2-6-11-18)12-7-13-21(26)23-15-19-16-27-22(24-19)14-17-8-3-1-4-9-17/h1-6,8-11,16H,7,12-15H2,(H,23,26). The zero-order valence-corrected chi connectivity index (χ0v) is 15.9. The first kappa shape index (κ1) is 19.0. The number of Topliss-reactive ketones (excluding diaryl/α,β-unsaturated/α-hetero) is 1. The first-order valence-electron chi connectivity index (χ1n) is 9.03. The van der Waals surface area contributed by atoms with Crippen molar-refractivity contribution in [2.45, 2.75) is 32.2 Å². The van der Waals surface area contributed by atoms with E-state index in [0.29, 0.717) is 31.4 Å². The summed E-state index contributed by atoms with van der Waals surface area (Å²) in [5.74, 6) is 0.0296. The maximum absolute atomic E-state index is 12.0. The van der Waals surface area contributed by atoms with Crippen molar-refractivity contribution in [1.82, 2.24) is 10.3 Å². The van der Waals surface area contributed by atoms with Gasteiger partial charge in [0.1, 0.15) is 0 Å². The fourth-order valence-electron chi connectivity index (χ4n) is 2.74. The van der Waals surface area contributed by atoms with Crippen molar-refractivity contribution in [1.29, 1.82) is 0 Å². The lowest BCUT2D eigenvalue weighted by Crippen LogP contribution is -2.22. The number of rotatable bonds is 9. The zero-order chi connectivity index (χ0) is 18.9. The predicted octanol–water partition coefficient (Wildman–Crippen LogP) is 4.40. The van der Waals surface area contributed by atoms with Gasteiger partial charge in [0, 0.05) is 30.2 Å². The van der Waals surface area contributed by atoms with Gasteiger partial charge in [0.15, 0.2) is 5.78 Å². The van der Waals surface area contributed by atoms with Crippen LogP contribution in [0.1, 0.15) is 45.9 Å². The first-order valence-corrected chi connectivity index (χ1v) is 9.91. The smallest absolute Gasteiger partial charge is 0.220 e. The highest BCUT2D eigenvalue weighted by Crippen LogP contribution is 2.15. The maximum atomic E-state index is 12.0. The minimum absolute atomic E-state index is 0.0477. The molecule has 0 unspecified atom stereocenters. The molecule has 0 radical (unpaired) electrons. The third-order valence-electron chi connectivity index (χ3n) is 4.17. The van der Waals surface area contributed by atoms with Crippen LogP contribution >= 0.6 is 11.3 Å². The van der Waals surface area contributed by atoms with Crippen LogP contribution in [0.4, 0.5) is 0 Å². The quantitative estimate of drug-likeness (QED) is 0.561. The molecule has 2 aromatic carbocycles. The summed E-state index contributed by atoms with van der Waals surface area (Å²) in [6.07, 6.45) is 2.09. The minimum atomic E-state index is -0.0477. The second-order valence-corrected chi connectivity index (χ2v) is 7.26. The zero-order valence-electron chi connectivity index (χ0n) is 15.1. The summed E-state index contributed by atoms with van der Waals surface area (Å²) >= 11 is 1.61. The Morgan fingerprint density at radius 2 is 1.63 bits per heavy atom. The molecule has 1 amide bonds. The average molecular weight is 378 g/mol. The highest BCUT2D eigenvalue weighted by Gasteiger charge is 2.08. The van der Waals surface area contributed by atoms with Crippen molar-refractivity contribution in [3.05, 3.63) is 87.9 Å². The molecule has 3 aromatic rings. The Kier molecular flexibility index (Phi) is 6.88. The monoisotopic (exact) mass is 378 g/mol. The number of aromatic nitrogens is 1. The van der Waals surface area contributed by atoms with Crippen molar-refractivity contribution in [2.24, 2.45) is 0 Å². The Bertz CT molecular complexity index is 876. The molecule has 27 heavy (non-hydrogen) atoms. The molecule has 0 aliphatic carbocycles. The molecule has 0 bridgehead atoms. The van der Waals surface area contributed by atoms with E-state index in [1.54, 1.807) is 23.5 Å². The number of nitrogens with one attached hydrogen (secondary N) is 1. The van der Waals surface area contributed by atoms with Crippen LogP contribution in [0.3, 0.4) is 0 Å². The molecule has 5 heteroatoms. The third-order valence-corrected chi connectivity index (χ3v) is 5.07. The van der Waals surface area contributed by atoms with Gasteiger partial charge in [-0.1, -0.05) is 60.7 Å². The molecular weight excluding hydrogens is 356 g/mol. The second-order valence-electron chi connectivity index (χ2n) is 6.31. The maximum Gasteiger partial charge on any atom is 0.220 e. The van der Waals surface area contributed by atoms with Crippen LogP contribution in [0.2, 0.25) is 0 Å². The van der Waals surface area contributed by atoms with Crippen LogP contribution in [0, 0.1) is 0 Å². The van der Waals surface area contributed by atoms with Gasteiger partial charge in [-0.2, -0.15) is 0 Å². The van der Waals surface area contributed by atoms with E-state index in [4.69, 9.17) is 0 Å². The van der Waals surface area contributed by atoms with Crippen LogP contribution in [0.25, 0.3) is 0 Å². The number of amides is 1. The molecule has 138 valence electrons. The second kappa shape index (κ2) is 9.78. The Morgan fingerprint density at radius 3 is 2.37 bits per heavy atom. The van der Waals surface area contributed by atoms with Gasteiger partial charge in [0.25, 0.3) is 0 Å². The number of ketones is 1. The Labute approximate surface area is 163 Å². The molecule has 0 saturated heterocycles. The summed E-state index contributed by atoms with van der Waals surface area (Å²) in [7, 11) is 0. The van der Waals surface area contributed by atoms with Gasteiger partial charge in [0.2, 0.25) is 5.91 Å². The Hall–Kier alpha value is -2.79. The SMILES string of the molecule is O=C(CCCC(=O)c1ccccc1)NCc1csc(Cc2ccccc2)n1. The summed E-state index contributed by atoms with van der Waals surface area (Å²) in [5.41, 5.74) is 2.80. The molecule has 0 saturated carbocycles. The molecule has 0 atom stereocenters. The number of carbonyl (C=O) groups excluding carboxylic acids is 2. The van der Waals surface area contributed by atoms with E-state index in [0.717, 1.165) is 17.1 Å². The van der Waals surface area contributed by atoms with Crippen molar-refractivity contribution in [3.63, 3.8) is 0 Å². The number of benzene rings is 2. The van der Waals surface area contributed by atoms with Crippen LogP contribution in [0.15, 0.2) is 66.0 Å². The van der Waals surface area contributed by atoms with Crippen molar-refractivity contribution in [3.8, 4) is 0 Å². The van der Waals surface area contributed by atoms with E-state index < -0.39 is 0 Å². The van der Waals surface area contributed by atoms with Gasteiger partial charge < -0.3 is 5.32 Å². The number of nitrogens with zero attached hydrogens (tertiary/aromatic N) is 1. The molecule has 0 spiro atoms. The lowest BCUT2D eigenvalue weighted by Gasteiger charge is -2.04. The summed E-state index contributed by atoms with van der Waals surface area (Å²) in [6.45, 7) is 0.427. The van der Waals surface area contributed by atoms with E-state index >= 15 is 0 Å². The van der Waals surface area contributed by atoms with Gasteiger partial charge in [0.05, 0.1) is 17.2 Å². The molecule has 1 aromatic heterocycles. The van der Waals surface area contributed by atoms with Gasteiger partial charge in [-0.3, -0.25) is 9.59 Å². The van der Waals surface area contributed by atoms with Gasteiger partial charge in [-0.25, -0.2) is 4.98 Å². The molecule has 0 fully saturated rings. The summed E-state index contributed by atoms with van der Waals surface area (Å²) in [6, 6.07) is 19.4. The largest absolute Gasteiger partial charge is 0.350 e. The summed E-state index contributed by atoms with van der Waals surface area (Å²) < 4.78 is 0. The van der Waals surface area contributed by atoms with Crippen molar-refractivity contribution >= 4 is 23.0 Å². The van der Waals surface area contributed by atoms with Crippen LogP contribution in [-0.2, 0) is 17.8 Å². The lowest BCUT2D eigenvalue weighted by atomic mass is 10.1. The van der Waals surface area contributed by atoms with Crippen molar-refractivity contribution in [2.75, 3.05) is 0 Å². The summed E-state index contributed by atoms with van der Waals surface area (Å²) in [5, 5.41) is 5.91. The minimum Gasteiger partial charge on any atom is -0.350 e. The van der Waals surface area contributed by atoms with E-state index in [-0.39, 0.29) is 11.7 Å². The van der Waals surface area contributed by atoms with Crippen LogP contribution in [0.5, 0.6) is 0 Å². The molecule has 4 nitrogen and oxygen atoms in total. The number of thiazole rings is 1. The topological polar surface area (TPSA) is 59.1 Å². The van der Waals surface area contributed by atoms with Gasteiger partial charge in [-0.05, 0) is 12.0 Å². The molecular formula is C22H22N2O2S. The van der Waals surface area contributed by atoms with Gasteiger partial charge in [-0.15, -0.1) is 11.3 Å². The van der Waals surface area contributed by atoms with E-state index in [2.05, 4.69) is 22.4 Å². The van der Waals surface area contributed by atoms with Crippen LogP contribution < -0.4 is 5.32 Å². The number of hydrogen-bond acceptors (Lipinski definition) is 4. The molecule has 1 heterocycles. The predicted molar refractivity (Wildman–Crippen MR) is 108 cm³/mol. The fourth-order valence-corrected chi connectivity index (χ4v) is 3.57. The number of carbonyl (C=O) groups is 2.